The summed E-state index contributed by atoms with van der Waals surface area (Å²) in [6, 6.07) is 9.97. The maximum Gasteiger partial charge on any atom is 0.459 e. The van der Waals surface area contributed by atoms with E-state index < -0.39 is 67.4 Å². The predicted molar refractivity (Wildman–Crippen MR) is 146 cm³/mol. The van der Waals surface area contributed by atoms with Crippen LogP contribution in [0, 0.1) is 10.1 Å². The third-order valence-corrected chi connectivity index (χ3v) is 8.89. The zero-order valence-corrected chi connectivity index (χ0v) is 24.2. The van der Waals surface area contributed by atoms with Crippen molar-refractivity contribution in [3.8, 4) is 5.75 Å². The van der Waals surface area contributed by atoms with Crippen LogP contribution in [0.2, 0.25) is 0 Å². The third kappa shape index (κ3) is 7.41. The molecule has 4 rings (SSSR count). The Morgan fingerprint density at radius 1 is 1.30 bits per heavy atom. The first-order chi connectivity index (χ1) is 20.2. The van der Waals surface area contributed by atoms with Gasteiger partial charge in [-0.2, -0.15) is 18.9 Å². The molecule has 0 radical (unpaired) electrons. The Morgan fingerprint density at radius 2 is 2.00 bits per heavy atom. The fourth-order valence-corrected chi connectivity index (χ4v) is 6.18. The molecule has 1 saturated heterocycles. The fourth-order valence-electron chi connectivity index (χ4n) is 3.88. The van der Waals surface area contributed by atoms with Gasteiger partial charge < -0.3 is 24.8 Å². The number of nitro groups is 1. The average molecular weight is 646 g/mol. The highest BCUT2D eigenvalue weighted by atomic mass is 32.1. The zero-order chi connectivity index (χ0) is 31.5. The molecule has 15 nitrogen and oxygen atoms in total. The Hall–Kier alpha value is -3.80. The number of nitrogens with one attached hydrogen (secondary N) is 1. The molecule has 1 aliphatic rings. The molecule has 19 heteroatoms. The maximum absolute atomic E-state index is 14.9. The van der Waals surface area contributed by atoms with Crippen LogP contribution in [-0.2, 0) is 23.4 Å². The van der Waals surface area contributed by atoms with Crippen molar-refractivity contribution in [3.05, 3.63) is 80.2 Å². The normalized spacial score (nSPS) is 22.3. The zero-order valence-electron chi connectivity index (χ0n) is 22.4. The number of nitrogens with zero attached hydrogens (tertiary/aromatic N) is 3. The van der Waals surface area contributed by atoms with Gasteiger partial charge in [-0.05, 0) is 38.1 Å². The van der Waals surface area contributed by atoms with E-state index >= 15 is 0 Å². The third-order valence-electron chi connectivity index (χ3n) is 6.05. The number of para-hydroxylation sites is 1. The topological polar surface area (TPSA) is 207 Å². The number of hydrogen-bond acceptors (Lipinski definition) is 13. The van der Waals surface area contributed by atoms with Crippen molar-refractivity contribution in [2.24, 2.45) is 0 Å². The molecule has 3 unspecified atom stereocenters. The molecule has 0 bridgehead atoms. The van der Waals surface area contributed by atoms with Crippen molar-refractivity contribution in [2.45, 2.75) is 50.4 Å². The highest BCUT2D eigenvalue weighted by Gasteiger charge is 2.60. The first kappa shape index (κ1) is 32.1. The number of aliphatic hydroxyl groups is 1. The fraction of sp³-hybridized carbons (Fsp3) is 0.375. The van der Waals surface area contributed by atoms with Gasteiger partial charge in [0.2, 0.25) is 6.23 Å². The number of anilines is 1. The van der Waals surface area contributed by atoms with Crippen LogP contribution >= 0.6 is 19.1 Å². The summed E-state index contributed by atoms with van der Waals surface area (Å²) in [6.07, 6.45) is -6.59. The Balaban J connectivity index is 1.48. The largest absolute Gasteiger partial charge is 0.459 e. The van der Waals surface area contributed by atoms with Gasteiger partial charge >= 0.3 is 30.3 Å². The number of aromatic nitrogens is 2. The summed E-state index contributed by atoms with van der Waals surface area (Å²) in [6.45, 7) is 1.81. The number of alkyl halides is 2. The highest BCUT2D eigenvalue weighted by molar-refractivity contribution is 7.52. The van der Waals surface area contributed by atoms with Crippen LogP contribution in [0.15, 0.2) is 59.5 Å². The minimum Gasteiger partial charge on any atom is -0.456 e. The number of thiophene rings is 1. The van der Waals surface area contributed by atoms with E-state index in [0.29, 0.717) is 9.44 Å². The second-order valence-corrected chi connectivity index (χ2v) is 12.0. The number of carbonyl (C=O) groups is 1. The van der Waals surface area contributed by atoms with Crippen LogP contribution in [0.5, 0.6) is 5.75 Å². The summed E-state index contributed by atoms with van der Waals surface area (Å²) in [4.78, 5) is 39.0. The van der Waals surface area contributed by atoms with E-state index in [1.165, 1.54) is 38.1 Å². The van der Waals surface area contributed by atoms with E-state index in [1.807, 2.05) is 0 Å². The number of hydrogen-bond donors (Lipinski definition) is 3. The van der Waals surface area contributed by atoms with Crippen molar-refractivity contribution in [3.63, 3.8) is 0 Å². The smallest absolute Gasteiger partial charge is 0.456 e. The number of benzene rings is 1. The number of esters is 1. The van der Waals surface area contributed by atoms with E-state index in [0.717, 1.165) is 23.6 Å². The van der Waals surface area contributed by atoms with E-state index in [1.54, 1.807) is 18.2 Å². The Kier molecular flexibility index (Phi) is 9.58. The molecular formula is C24H26F2N5O10PS. The van der Waals surface area contributed by atoms with E-state index in [2.05, 4.69) is 10.1 Å². The Morgan fingerprint density at radius 3 is 2.63 bits per heavy atom. The van der Waals surface area contributed by atoms with Crippen molar-refractivity contribution in [1.29, 1.82) is 0 Å². The number of nitrogen functional groups attached to an aromatic ring is 1. The number of ether oxygens (including phenoxy) is 2. The second kappa shape index (κ2) is 12.8. The number of aliphatic hydroxyl groups excluding tert-OH is 1. The van der Waals surface area contributed by atoms with Gasteiger partial charge in [-0.3, -0.25) is 24.0 Å². The SMILES string of the molecule is CC(OC(=O)[C@H](C)NP(=O)(OC[C@H]1O[C@@H](n2ccc(N)nc2=O)C(F)(F)C1O)Oc1ccccc1)c1ccc([N+](=O)[O-])s1. The lowest BCUT2D eigenvalue weighted by Gasteiger charge is -2.25. The summed E-state index contributed by atoms with van der Waals surface area (Å²) in [7, 11) is -4.58. The molecule has 3 aromatic rings. The van der Waals surface area contributed by atoms with Crippen molar-refractivity contribution in [2.75, 3.05) is 12.3 Å². The molecule has 1 aromatic carbocycles. The van der Waals surface area contributed by atoms with Gasteiger partial charge in [0.25, 0.3) is 0 Å². The lowest BCUT2D eigenvalue weighted by Crippen LogP contribution is -2.42. The van der Waals surface area contributed by atoms with E-state index in [9.17, 15) is 38.2 Å². The van der Waals surface area contributed by atoms with Crippen molar-refractivity contribution < 1.29 is 46.7 Å². The minimum absolute atomic E-state index is 0.0220. The number of halogens is 2. The van der Waals surface area contributed by atoms with Gasteiger partial charge in [-0.25, -0.2) is 9.36 Å². The van der Waals surface area contributed by atoms with Gasteiger partial charge in [0, 0.05) is 12.3 Å². The lowest BCUT2D eigenvalue weighted by molar-refractivity contribution is -0.380. The Labute approximate surface area is 245 Å². The number of nitrogens with two attached hydrogens (primary N) is 1. The molecule has 6 atom stereocenters. The second-order valence-electron chi connectivity index (χ2n) is 9.25. The lowest BCUT2D eigenvalue weighted by atomic mass is 10.1. The number of rotatable bonds is 12. The minimum atomic E-state index is -4.58. The molecule has 0 amide bonds. The maximum atomic E-state index is 14.9. The predicted octanol–water partition coefficient (Wildman–Crippen LogP) is 3.17. The highest BCUT2D eigenvalue weighted by Crippen LogP contribution is 2.48. The van der Waals surface area contributed by atoms with Gasteiger partial charge in [-0.1, -0.05) is 29.5 Å². The molecule has 2 aromatic heterocycles. The number of carbonyl (C=O) groups excluding carboxylic acids is 1. The monoisotopic (exact) mass is 645 g/mol. The molecule has 0 saturated carbocycles. The molecule has 0 aliphatic carbocycles. The molecule has 43 heavy (non-hydrogen) atoms. The van der Waals surface area contributed by atoms with Crippen LogP contribution in [-0.4, -0.2) is 56.3 Å². The van der Waals surface area contributed by atoms with E-state index in [4.69, 9.17) is 24.3 Å². The van der Waals surface area contributed by atoms with Gasteiger partial charge in [-0.15, -0.1) is 0 Å². The molecule has 1 aliphatic heterocycles. The van der Waals surface area contributed by atoms with Crippen molar-refractivity contribution in [1.82, 2.24) is 14.6 Å². The van der Waals surface area contributed by atoms with E-state index in [-0.39, 0.29) is 16.6 Å². The molecule has 0 spiro atoms. The van der Waals surface area contributed by atoms with Crippen LogP contribution in [0.1, 0.15) is 31.1 Å². The summed E-state index contributed by atoms with van der Waals surface area (Å²) >= 11 is 0.809. The first-order valence-electron chi connectivity index (χ1n) is 12.5. The van der Waals surface area contributed by atoms with Gasteiger partial charge in [0.1, 0.15) is 29.8 Å². The summed E-state index contributed by atoms with van der Waals surface area (Å²) in [5.74, 6) is -5.14. The molecule has 232 valence electrons. The molecule has 1 fully saturated rings. The first-order valence-corrected chi connectivity index (χ1v) is 14.8. The summed E-state index contributed by atoms with van der Waals surface area (Å²) in [5, 5.41) is 23.5. The van der Waals surface area contributed by atoms with Crippen LogP contribution in [0.4, 0.5) is 19.6 Å². The molecular weight excluding hydrogens is 619 g/mol. The summed E-state index contributed by atoms with van der Waals surface area (Å²) in [5.41, 5.74) is 4.25. The van der Waals surface area contributed by atoms with Gasteiger partial charge in [0.05, 0.1) is 16.4 Å². The standard InChI is InChI=1S/C24H26F2N5O10PS/c1-13(21(33)39-14(2)17-8-9-19(43-17)31(35)36)29-42(37,41-15-6-4-3-5-7-15)38-12-16-20(32)24(25,26)22(40-16)30-11-10-18(27)28-23(30)34/h3-11,13-14,16,20,22,32H,12H2,1-2H3,(H,29,37)(H2,27,28,34)/t13-,14?,16+,20?,22+,42?/m0/s1. The Bertz CT molecular complexity index is 1580. The summed E-state index contributed by atoms with van der Waals surface area (Å²) < 4.78 is 65.5. The average Bonchev–Trinajstić information content (AvgIpc) is 3.52. The van der Waals surface area contributed by atoms with Crippen molar-refractivity contribution >= 4 is 35.9 Å². The molecule has 3 heterocycles. The quantitative estimate of drug-likeness (QED) is 0.112. The molecule has 4 N–H and O–H groups in total. The van der Waals surface area contributed by atoms with Crippen LogP contribution in [0.3, 0.4) is 0 Å². The van der Waals surface area contributed by atoms with Crippen LogP contribution < -0.4 is 21.0 Å². The van der Waals surface area contributed by atoms with Gasteiger partial charge in [0.15, 0.2) is 6.10 Å². The van der Waals surface area contributed by atoms with Crippen LogP contribution in [0.25, 0.3) is 0 Å².